The first kappa shape index (κ1) is 6.06. The Morgan fingerprint density at radius 1 is 1.38 bits per heavy atom. The number of hydrogen-bond donors (Lipinski definition) is 0. The van der Waals surface area contributed by atoms with Crippen LogP contribution in [0, 0.1) is 11.8 Å². The number of halogens is 1. The van der Waals surface area contributed by atoms with Gasteiger partial charge in [0.25, 0.3) is 0 Å². The van der Waals surface area contributed by atoms with E-state index in [2.05, 4.69) is 0 Å². The van der Waals surface area contributed by atoms with Gasteiger partial charge in [0.1, 0.15) is 6.17 Å². The summed E-state index contributed by atoms with van der Waals surface area (Å²) in [5.74, 6) is 1.03. The van der Waals surface area contributed by atoms with Crippen LogP contribution in [0.1, 0.15) is 26.7 Å². The van der Waals surface area contributed by atoms with Gasteiger partial charge in [0.05, 0.1) is 0 Å². The third-order valence-electron chi connectivity index (χ3n) is 2.09. The van der Waals surface area contributed by atoms with E-state index in [-0.39, 0.29) is 0 Å². The highest BCUT2D eigenvalue weighted by Gasteiger charge is 2.31. The summed E-state index contributed by atoms with van der Waals surface area (Å²) >= 11 is 0. The van der Waals surface area contributed by atoms with Gasteiger partial charge >= 0.3 is 0 Å². The highest BCUT2D eigenvalue weighted by Crippen LogP contribution is 2.38. The van der Waals surface area contributed by atoms with Gasteiger partial charge in [-0.25, -0.2) is 4.39 Å². The number of alkyl halides is 1. The first-order valence-electron chi connectivity index (χ1n) is 3.36. The molecule has 0 aromatic carbocycles. The molecule has 1 heteroatoms. The predicted molar refractivity (Wildman–Crippen MR) is 32.5 cm³/mol. The molecule has 0 spiro atoms. The van der Waals surface area contributed by atoms with Gasteiger partial charge in [0.15, 0.2) is 0 Å². The SMILES string of the molecule is CC(F)[C@H](C)C1CC1. The fraction of sp³-hybridized carbons (Fsp3) is 1.00. The Balaban J connectivity index is 2.22. The van der Waals surface area contributed by atoms with Crippen molar-refractivity contribution in [2.24, 2.45) is 11.8 Å². The van der Waals surface area contributed by atoms with Crippen molar-refractivity contribution in [3.8, 4) is 0 Å². The van der Waals surface area contributed by atoms with Crippen LogP contribution in [0.15, 0.2) is 0 Å². The Morgan fingerprint density at radius 3 is 2.00 bits per heavy atom. The van der Waals surface area contributed by atoms with E-state index in [9.17, 15) is 4.39 Å². The fourth-order valence-electron chi connectivity index (χ4n) is 0.997. The van der Waals surface area contributed by atoms with Crippen LogP contribution in [0.4, 0.5) is 4.39 Å². The zero-order chi connectivity index (χ0) is 6.15. The predicted octanol–water partition coefficient (Wildman–Crippen LogP) is 2.39. The molecule has 0 aliphatic heterocycles. The van der Waals surface area contributed by atoms with Gasteiger partial charge in [0.2, 0.25) is 0 Å². The van der Waals surface area contributed by atoms with Gasteiger partial charge in [-0.05, 0) is 31.6 Å². The lowest BCUT2D eigenvalue weighted by atomic mass is 10.0. The monoisotopic (exact) mass is 116 g/mol. The molecule has 1 rings (SSSR count). The minimum absolute atomic E-state index is 0.315. The van der Waals surface area contributed by atoms with Gasteiger partial charge in [0, 0.05) is 0 Å². The molecule has 0 heterocycles. The first-order chi connectivity index (χ1) is 3.72. The van der Waals surface area contributed by atoms with Crippen LogP contribution >= 0.6 is 0 Å². The van der Waals surface area contributed by atoms with Crippen molar-refractivity contribution in [3.05, 3.63) is 0 Å². The normalized spacial score (nSPS) is 27.4. The largest absolute Gasteiger partial charge is 0.247 e. The zero-order valence-corrected chi connectivity index (χ0v) is 5.52. The lowest BCUT2D eigenvalue weighted by Gasteiger charge is -2.09. The molecular weight excluding hydrogens is 103 g/mol. The van der Waals surface area contributed by atoms with Crippen molar-refractivity contribution in [2.75, 3.05) is 0 Å². The van der Waals surface area contributed by atoms with Crippen LogP contribution in [0.3, 0.4) is 0 Å². The quantitative estimate of drug-likeness (QED) is 0.519. The number of hydrogen-bond acceptors (Lipinski definition) is 0. The average Bonchev–Trinajstić information content (AvgIpc) is 2.43. The molecule has 0 saturated heterocycles. The Morgan fingerprint density at radius 2 is 1.88 bits per heavy atom. The van der Waals surface area contributed by atoms with Crippen LogP contribution in [0.25, 0.3) is 0 Å². The minimum Gasteiger partial charge on any atom is -0.247 e. The second-order valence-electron chi connectivity index (χ2n) is 2.87. The van der Waals surface area contributed by atoms with Gasteiger partial charge < -0.3 is 0 Å². The molecule has 0 nitrogen and oxygen atoms in total. The van der Waals surface area contributed by atoms with Gasteiger partial charge in [-0.3, -0.25) is 0 Å². The molecule has 2 atom stereocenters. The fourth-order valence-corrected chi connectivity index (χ4v) is 0.997. The standard InChI is InChI=1S/C7H13F/c1-5(6(2)8)7-3-4-7/h5-7H,3-4H2,1-2H3/t5-,6?/m0/s1. The zero-order valence-electron chi connectivity index (χ0n) is 5.52. The van der Waals surface area contributed by atoms with Gasteiger partial charge in [-0.15, -0.1) is 0 Å². The molecule has 48 valence electrons. The van der Waals surface area contributed by atoms with E-state index < -0.39 is 6.17 Å². The van der Waals surface area contributed by atoms with Crippen molar-refractivity contribution in [2.45, 2.75) is 32.9 Å². The van der Waals surface area contributed by atoms with Crippen LogP contribution in [-0.4, -0.2) is 6.17 Å². The van der Waals surface area contributed by atoms with Gasteiger partial charge in [-0.1, -0.05) is 6.92 Å². The molecule has 0 aromatic heterocycles. The highest BCUT2D eigenvalue weighted by molar-refractivity contribution is 4.81. The summed E-state index contributed by atoms with van der Waals surface area (Å²) in [5.41, 5.74) is 0. The molecule has 0 aromatic rings. The number of rotatable bonds is 2. The maximum absolute atomic E-state index is 12.4. The summed E-state index contributed by atoms with van der Waals surface area (Å²) in [6.45, 7) is 3.66. The summed E-state index contributed by atoms with van der Waals surface area (Å²) in [4.78, 5) is 0. The van der Waals surface area contributed by atoms with E-state index in [1.807, 2.05) is 6.92 Å². The van der Waals surface area contributed by atoms with E-state index in [0.717, 1.165) is 5.92 Å². The molecule has 1 unspecified atom stereocenters. The first-order valence-corrected chi connectivity index (χ1v) is 3.36. The van der Waals surface area contributed by atoms with Crippen molar-refractivity contribution in [3.63, 3.8) is 0 Å². The summed E-state index contributed by atoms with van der Waals surface area (Å²) in [7, 11) is 0. The Labute approximate surface area is 50.1 Å². The lowest BCUT2D eigenvalue weighted by molar-refractivity contribution is 0.242. The second-order valence-corrected chi connectivity index (χ2v) is 2.87. The maximum Gasteiger partial charge on any atom is 0.100 e. The van der Waals surface area contributed by atoms with Crippen molar-refractivity contribution in [1.82, 2.24) is 0 Å². The van der Waals surface area contributed by atoms with Crippen molar-refractivity contribution < 1.29 is 4.39 Å². The topological polar surface area (TPSA) is 0 Å². The van der Waals surface area contributed by atoms with E-state index in [1.165, 1.54) is 12.8 Å². The third-order valence-corrected chi connectivity index (χ3v) is 2.09. The van der Waals surface area contributed by atoms with Crippen LogP contribution < -0.4 is 0 Å². The molecule has 0 bridgehead atoms. The summed E-state index contributed by atoms with van der Waals surface area (Å²) < 4.78 is 12.4. The third kappa shape index (κ3) is 1.21. The molecule has 1 aliphatic rings. The smallest absolute Gasteiger partial charge is 0.100 e. The molecule has 0 amide bonds. The van der Waals surface area contributed by atoms with Crippen molar-refractivity contribution >= 4 is 0 Å². The minimum atomic E-state index is -0.595. The molecule has 1 fully saturated rings. The summed E-state index contributed by atoms with van der Waals surface area (Å²) in [6.07, 6.45) is 1.92. The van der Waals surface area contributed by atoms with Crippen LogP contribution in [-0.2, 0) is 0 Å². The molecular formula is C7H13F. The molecule has 0 N–H and O–H groups in total. The molecule has 1 saturated carbocycles. The Hall–Kier alpha value is -0.0700. The summed E-state index contributed by atoms with van der Waals surface area (Å²) in [5, 5.41) is 0. The van der Waals surface area contributed by atoms with E-state index in [4.69, 9.17) is 0 Å². The van der Waals surface area contributed by atoms with Crippen molar-refractivity contribution in [1.29, 1.82) is 0 Å². The van der Waals surface area contributed by atoms with Gasteiger partial charge in [-0.2, -0.15) is 0 Å². The summed E-state index contributed by atoms with van der Waals surface area (Å²) in [6, 6.07) is 0. The average molecular weight is 116 g/mol. The molecule has 8 heavy (non-hydrogen) atoms. The second kappa shape index (κ2) is 2.04. The Kier molecular flexibility index (Phi) is 1.54. The van der Waals surface area contributed by atoms with E-state index in [0.29, 0.717) is 5.92 Å². The molecule has 0 radical (unpaired) electrons. The highest BCUT2D eigenvalue weighted by atomic mass is 19.1. The van der Waals surface area contributed by atoms with E-state index in [1.54, 1.807) is 6.92 Å². The maximum atomic E-state index is 12.4. The lowest BCUT2D eigenvalue weighted by Crippen LogP contribution is -2.09. The van der Waals surface area contributed by atoms with Crippen LogP contribution in [0.2, 0.25) is 0 Å². The van der Waals surface area contributed by atoms with Crippen LogP contribution in [0.5, 0.6) is 0 Å². The Bertz CT molecular complexity index is 72.5. The van der Waals surface area contributed by atoms with E-state index >= 15 is 0 Å². The molecule has 1 aliphatic carbocycles.